The predicted octanol–water partition coefficient (Wildman–Crippen LogP) is 2.56. The molecule has 110 valence electrons. The van der Waals surface area contributed by atoms with Gasteiger partial charge in [-0.15, -0.1) is 0 Å². The Hall–Kier alpha value is -1.07. The highest BCUT2D eigenvalue weighted by Gasteiger charge is 2.52. The lowest BCUT2D eigenvalue weighted by Crippen LogP contribution is -2.41. The quantitative estimate of drug-likeness (QED) is 0.785. The molecule has 20 heavy (non-hydrogen) atoms. The first-order valence-corrected chi connectivity index (χ1v) is 6.02. The highest BCUT2D eigenvalue weighted by molar-refractivity contribution is 6.61. The zero-order chi connectivity index (χ0) is 25.3. The molecule has 2 rings (SSSR count). The van der Waals surface area contributed by atoms with Crippen LogP contribution in [-0.2, 0) is 9.31 Å². The molecule has 0 spiro atoms. The van der Waals surface area contributed by atoms with E-state index in [0.717, 1.165) is 0 Å². The minimum absolute atomic E-state index is 0.379. The maximum absolute atomic E-state index is 8.40. The average molecular weight is 289 g/mol. The fourth-order valence-electron chi connectivity index (χ4n) is 1.58. The highest BCUT2D eigenvalue weighted by atomic mass is 16.7. The van der Waals surface area contributed by atoms with Crippen molar-refractivity contribution >= 4 is 12.7 Å². The smallest absolute Gasteiger partial charge is 0.488 e. The van der Waals surface area contributed by atoms with Crippen LogP contribution in [-0.4, -0.2) is 28.9 Å². The van der Waals surface area contributed by atoms with Crippen LogP contribution < -0.4 is 10.3 Å². The van der Waals surface area contributed by atoms with Crippen molar-refractivity contribution in [3.05, 3.63) is 18.3 Å². The molecule has 1 aliphatic heterocycles. The molecular formula is C15H24BNO3. The zero-order valence-corrected chi connectivity index (χ0v) is 11.7. The highest BCUT2D eigenvalue weighted by Crippen LogP contribution is 2.36. The summed E-state index contributed by atoms with van der Waals surface area (Å²) >= 11 is 0. The van der Waals surface area contributed by atoms with Crippen LogP contribution in [0.4, 0.5) is 0 Å². The third-order valence-electron chi connectivity index (χ3n) is 3.32. The van der Waals surface area contributed by atoms with Gasteiger partial charge in [0.1, 0.15) is 11.4 Å². The van der Waals surface area contributed by atoms with Gasteiger partial charge in [-0.1, -0.05) is 0 Å². The number of pyridine rings is 1. The van der Waals surface area contributed by atoms with Gasteiger partial charge in [-0.05, 0) is 60.3 Å². The summed E-state index contributed by atoms with van der Waals surface area (Å²) in [5, 5.41) is 0. The minimum Gasteiger partial charge on any atom is -0.488 e. The van der Waals surface area contributed by atoms with Crippen molar-refractivity contribution in [2.75, 3.05) is 0 Å². The Balaban J connectivity index is 2.76. The third-order valence-corrected chi connectivity index (χ3v) is 3.32. The fourth-order valence-corrected chi connectivity index (χ4v) is 1.58. The van der Waals surface area contributed by atoms with E-state index in [1.54, 1.807) is 27.7 Å². The maximum Gasteiger partial charge on any atom is 0.514 e. The van der Waals surface area contributed by atoms with Gasteiger partial charge in [0.2, 0.25) is 0 Å². The normalized spacial score (nSPS) is 31.7. The molecule has 5 heteroatoms. The van der Waals surface area contributed by atoms with Crippen molar-refractivity contribution in [3.8, 4) is 5.75 Å². The summed E-state index contributed by atoms with van der Waals surface area (Å²) in [5.41, 5.74) is -5.92. The second-order valence-electron chi connectivity index (χ2n) is 5.56. The monoisotopic (exact) mass is 289 g/mol. The Kier molecular flexibility index (Phi) is 1.42. The van der Waals surface area contributed by atoms with Gasteiger partial charge in [0.05, 0.1) is 20.9 Å². The molecule has 0 N–H and O–H groups in total. The average Bonchev–Trinajstić information content (AvgIpc) is 2.74. The van der Waals surface area contributed by atoms with Gasteiger partial charge < -0.3 is 14.0 Å². The summed E-state index contributed by atoms with van der Waals surface area (Å²) in [6.45, 7) is -4.35. The molecule has 0 amide bonds. The number of nitrogens with zero attached hydrogens (tertiary/aromatic N) is 1. The molecule has 4 nitrogen and oxygen atoms in total. The molecule has 0 bridgehead atoms. The molecule has 1 aromatic heterocycles. The van der Waals surface area contributed by atoms with Crippen molar-refractivity contribution in [1.29, 1.82) is 0 Å². The molecule has 0 atom stereocenters. The molecule has 2 heterocycles. The van der Waals surface area contributed by atoms with Gasteiger partial charge >= 0.3 is 7.12 Å². The van der Waals surface area contributed by atoms with Crippen LogP contribution in [0.25, 0.3) is 0 Å². The van der Waals surface area contributed by atoms with E-state index in [9.17, 15) is 0 Å². The Morgan fingerprint density at radius 2 is 1.85 bits per heavy atom. The van der Waals surface area contributed by atoms with E-state index in [-0.39, 0.29) is 5.59 Å². The second kappa shape index (κ2) is 4.74. The fraction of sp³-hybridized carbons (Fsp3) is 0.667. The second-order valence-corrected chi connectivity index (χ2v) is 5.56. The standard InChI is InChI=1S/C15H24BNO3/c1-13(2,3)18-11-8-9-17-12(10-11)16-19-14(4,5)15(6,7)20-16/h8-10H,1-7H3/i1D3,2D3,3D3,8D,9D,10D. The van der Waals surface area contributed by atoms with Gasteiger partial charge in [-0.2, -0.15) is 0 Å². The van der Waals surface area contributed by atoms with E-state index in [1.165, 1.54) is 0 Å². The topological polar surface area (TPSA) is 40.6 Å². The van der Waals surface area contributed by atoms with Gasteiger partial charge in [-0.3, -0.25) is 4.98 Å². The van der Waals surface area contributed by atoms with Crippen molar-refractivity contribution < 1.29 is 30.5 Å². The molecular weight excluding hydrogens is 253 g/mol. The number of hydrogen-bond donors (Lipinski definition) is 0. The van der Waals surface area contributed by atoms with Crippen LogP contribution >= 0.6 is 0 Å². The molecule has 0 aromatic carbocycles. The summed E-state index contributed by atoms with van der Waals surface area (Å²) in [6, 6.07) is -1.76. The lowest BCUT2D eigenvalue weighted by molar-refractivity contribution is 0.00578. The van der Waals surface area contributed by atoms with Gasteiger partial charge in [0.15, 0.2) is 0 Å². The zero-order valence-electron chi connectivity index (χ0n) is 23.7. The molecule has 1 fully saturated rings. The Bertz CT molecular complexity index is 842. The first kappa shape index (κ1) is 5.97. The SMILES string of the molecule is [2H]c1nc(B2OC(C)(C)C(C)(C)O2)c([2H])c(OC(C([2H])([2H])[2H])(C([2H])([2H])[2H])C([2H])([2H])[2H])c1[2H]. The lowest BCUT2D eigenvalue weighted by Gasteiger charge is -2.32. The summed E-state index contributed by atoms with van der Waals surface area (Å²) in [7, 11) is -1.33. The van der Waals surface area contributed by atoms with E-state index >= 15 is 0 Å². The summed E-state index contributed by atoms with van der Waals surface area (Å²) < 4.78 is 110. The van der Waals surface area contributed by atoms with Crippen molar-refractivity contribution in [1.82, 2.24) is 4.98 Å². The summed E-state index contributed by atoms with van der Waals surface area (Å²) in [6.07, 6.45) is -0.809. The Labute approximate surface area is 138 Å². The minimum atomic E-state index is -3.78. The number of rotatable bonds is 2. The molecule has 0 aliphatic carbocycles. The number of aromatic nitrogens is 1. The van der Waals surface area contributed by atoms with Crippen LogP contribution in [0.5, 0.6) is 5.75 Å². The summed E-state index contributed by atoms with van der Waals surface area (Å²) in [4.78, 5) is 3.80. The Morgan fingerprint density at radius 1 is 1.25 bits per heavy atom. The van der Waals surface area contributed by atoms with E-state index in [2.05, 4.69) is 4.98 Å². The van der Waals surface area contributed by atoms with Gasteiger partial charge in [0, 0.05) is 18.5 Å². The van der Waals surface area contributed by atoms with Crippen LogP contribution in [0.2, 0.25) is 0 Å². The lowest BCUT2D eigenvalue weighted by atomic mass is 9.84. The molecule has 1 aromatic rings. The third kappa shape index (κ3) is 3.15. The van der Waals surface area contributed by atoms with E-state index < -0.39 is 68.5 Å². The molecule has 1 aliphatic rings. The Morgan fingerprint density at radius 3 is 2.40 bits per heavy atom. The van der Waals surface area contributed by atoms with Crippen LogP contribution in [0.15, 0.2) is 18.3 Å². The van der Waals surface area contributed by atoms with Crippen molar-refractivity contribution in [3.63, 3.8) is 0 Å². The summed E-state index contributed by atoms with van der Waals surface area (Å²) in [5.74, 6) is -1.03. The predicted molar refractivity (Wildman–Crippen MR) is 80.3 cm³/mol. The van der Waals surface area contributed by atoms with E-state index in [4.69, 9.17) is 30.5 Å². The molecule has 1 saturated heterocycles. The van der Waals surface area contributed by atoms with Crippen LogP contribution in [0.3, 0.4) is 0 Å². The molecule has 0 saturated carbocycles. The van der Waals surface area contributed by atoms with Crippen molar-refractivity contribution in [2.24, 2.45) is 0 Å². The molecule has 0 radical (unpaired) electrons. The number of ether oxygens (including phenoxy) is 1. The van der Waals surface area contributed by atoms with Crippen LogP contribution in [0.1, 0.15) is 64.7 Å². The van der Waals surface area contributed by atoms with Crippen LogP contribution in [0, 0.1) is 0 Å². The maximum atomic E-state index is 8.40. The first-order valence-electron chi connectivity index (χ1n) is 12.0. The van der Waals surface area contributed by atoms with Gasteiger partial charge in [-0.25, -0.2) is 0 Å². The van der Waals surface area contributed by atoms with Crippen molar-refractivity contribution in [2.45, 2.75) is 65.1 Å². The largest absolute Gasteiger partial charge is 0.514 e. The first-order chi connectivity index (χ1) is 14.0. The molecule has 0 unspecified atom stereocenters. The van der Waals surface area contributed by atoms with Gasteiger partial charge in [0.25, 0.3) is 0 Å². The van der Waals surface area contributed by atoms with E-state index in [1.807, 2.05) is 0 Å². The number of hydrogen-bond acceptors (Lipinski definition) is 4. The van der Waals surface area contributed by atoms with E-state index in [0.29, 0.717) is 0 Å².